The van der Waals surface area contributed by atoms with Crippen LogP contribution in [0.1, 0.15) is 36.1 Å². The molecule has 0 aliphatic heterocycles. The van der Waals surface area contributed by atoms with Gasteiger partial charge in [-0.2, -0.15) is 0 Å². The van der Waals surface area contributed by atoms with Crippen LogP contribution in [0.5, 0.6) is 0 Å². The molecule has 2 aromatic rings. The minimum Gasteiger partial charge on any atom is -0.355 e. The Bertz CT molecular complexity index is 551. The van der Waals surface area contributed by atoms with Crippen LogP contribution in [-0.2, 0) is 6.54 Å². The van der Waals surface area contributed by atoms with E-state index >= 15 is 0 Å². The highest BCUT2D eigenvalue weighted by Gasteiger charge is 2.10. The zero-order chi connectivity index (χ0) is 14.5. The fourth-order valence-corrected chi connectivity index (χ4v) is 2.31. The predicted molar refractivity (Wildman–Crippen MR) is 84.7 cm³/mol. The largest absolute Gasteiger partial charge is 0.355 e. The van der Waals surface area contributed by atoms with Crippen LogP contribution in [0.15, 0.2) is 42.6 Å². The lowest BCUT2D eigenvalue weighted by Crippen LogP contribution is -2.19. The van der Waals surface area contributed by atoms with Gasteiger partial charge in [0.25, 0.3) is 0 Å². The number of nitrogens with zero attached hydrogens (tertiary/aromatic N) is 2. The number of aromatic nitrogens is 1. The summed E-state index contributed by atoms with van der Waals surface area (Å²) >= 11 is 0. The summed E-state index contributed by atoms with van der Waals surface area (Å²) in [5.41, 5.74) is 9.73. The van der Waals surface area contributed by atoms with Crippen LogP contribution < -0.4 is 10.6 Å². The van der Waals surface area contributed by atoms with E-state index in [1.807, 2.05) is 12.3 Å². The normalized spacial score (nSPS) is 12.2. The van der Waals surface area contributed by atoms with Gasteiger partial charge in [-0.1, -0.05) is 37.3 Å². The smallest absolute Gasteiger partial charge is 0.128 e. The monoisotopic (exact) mass is 269 g/mol. The molecule has 1 heterocycles. The summed E-state index contributed by atoms with van der Waals surface area (Å²) in [5, 5.41) is 0. The number of aryl methyl sites for hydroxylation is 1. The molecule has 0 saturated heterocycles. The molecular formula is C17H23N3. The van der Waals surface area contributed by atoms with Crippen molar-refractivity contribution in [2.75, 3.05) is 11.9 Å². The fourth-order valence-electron chi connectivity index (χ4n) is 2.31. The molecule has 0 unspecified atom stereocenters. The summed E-state index contributed by atoms with van der Waals surface area (Å²) in [6, 6.07) is 12.6. The summed E-state index contributed by atoms with van der Waals surface area (Å²) in [6.07, 6.45) is 2.85. The molecule has 1 aromatic carbocycles. The average molecular weight is 269 g/mol. The number of rotatable bonds is 5. The third kappa shape index (κ3) is 3.36. The van der Waals surface area contributed by atoms with Gasteiger partial charge in [-0.25, -0.2) is 4.98 Å². The molecule has 0 bridgehead atoms. The van der Waals surface area contributed by atoms with E-state index in [-0.39, 0.29) is 6.04 Å². The second-order valence-corrected chi connectivity index (χ2v) is 5.26. The van der Waals surface area contributed by atoms with Gasteiger partial charge in [0.05, 0.1) is 0 Å². The van der Waals surface area contributed by atoms with Crippen molar-refractivity contribution in [2.45, 2.75) is 32.9 Å². The molecule has 0 radical (unpaired) electrons. The van der Waals surface area contributed by atoms with Gasteiger partial charge >= 0.3 is 0 Å². The zero-order valence-corrected chi connectivity index (χ0v) is 12.5. The summed E-state index contributed by atoms with van der Waals surface area (Å²) in [4.78, 5) is 6.71. The molecule has 0 fully saturated rings. The molecule has 0 saturated carbocycles. The molecule has 0 aliphatic rings. The maximum absolute atomic E-state index is 6.09. The summed E-state index contributed by atoms with van der Waals surface area (Å²) in [6.45, 7) is 5.05. The zero-order valence-electron chi connectivity index (χ0n) is 12.5. The Balaban J connectivity index is 2.15. The molecule has 1 atom stereocenters. The minimum absolute atomic E-state index is 0.0796. The third-order valence-corrected chi connectivity index (χ3v) is 3.63. The van der Waals surface area contributed by atoms with E-state index in [4.69, 9.17) is 5.73 Å². The number of benzene rings is 1. The van der Waals surface area contributed by atoms with Gasteiger partial charge in [0, 0.05) is 25.8 Å². The van der Waals surface area contributed by atoms with Gasteiger partial charge < -0.3 is 10.6 Å². The molecular weight excluding hydrogens is 246 g/mol. The molecule has 106 valence electrons. The fraction of sp³-hybridized carbons (Fsp3) is 0.353. The van der Waals surface area contributed by atoms with E-state index in [0.29, 0.717) is 0 Å². The number of hydrogen-bond acceptors (Lipinski definition) is 3. The molecule has 20 heavy (non-hydrogen) atoms. The summed E-state index contributed by atoms with van der Waals surface area (Å²) in [5.74, 6) is 0.985. The van der Waals surface area contributed by atoms with Crippen molar-refractivity contribution in [3.63, 3.8) is 0 Å². The van der Waals surface area contributed by atoms with Crippen LogP contribution in [0.2, 0.25) is 0 Å². The SMILES string of the molecule is CC[C@@H](N)c1cnc(N(C)Cc2ccccc2)cc1C. The van der Waals surface area contributed by atoms with Crippen molar-refractivity contribution in [3.8, 4) is 0 Å². The van der Waals surface area contributed by atoms with Crippen LogP contribution in [0, 0.1) is 6.92 Å². The van der Waals surface area contributed by atoms with E-state index < -0.39 is 0 Å². The maximum atomic E-state index is 6.09. The topological polar surface area (TPSA) is 42.1 Å². The van der Waals surface area contributed by atoms with Gasteiger partial charge in [-0.05, 0) is 36.1 Å². The summed E-state index contributed by atoms with van der Waals surface area (Å²) in [7, 11) is 2.06. The quantitative estimate of drug-likeness (QED) is 0.904. The van der Waals surface area contributed by atoms with Crippen LogP contribution in [0.3, 0.4) is 0 Å². The molecule has 0 amide bonds. The average Bonchev–Trinajstić information content (AvgIpc) is 2.47. The van der Waals surface area contributed by atoms with Gasteiger partial charge in [-0.3, -0.25) is 0 Å². The Kier molecular flexibility index (Phi) is 4.74. The Morgan fingerprint density at radius 2 is 1.95 bits per heavy atom. The lowest BCUT2D eigenvalue weighted by Gasteiger charge is -2.20. The van der Waals surface area contributed by atoms with Crippen molar-refractivity contribution in [1.29, 1.82) is 0 Å². The van der Waals surface area contributed by atoms with Crippen molar-refractivity contribution >= 4 is 5.82 Å². The first-order valence-electron chi connectivity index (χ1n) is 7.09. The molecule has 3 nitrogen and oxygen atoms in total. The Hall–Kier alpha value is -1.87. The number of nitrogens with two attached hydrogens (primary N) is 1. The van der Waals surface area contributed by atoms with E-state index in [1.54, 1.807) is 0 Å². The Morgan fingerprint density at radius 3 is 2.55 bits per heavy atom. The lowest BCUT2D eigenvalue weighted by molar-refractivity contribution is 0.689. The Labute approximate surface area is 121 Å². The van der Waals surface area contributed by atoms with Crippen molar-refractivity contribution in [3.05, 3.63) is 59.3 Å². The molecule has 1 aromatic heterocycles. The number of hydrogen-bond donors (Lipinski definition) is 1. The highest BCUT2D eigenvalue weighted by molar-refractivity contribution is 5.44. The lowest BCUT2D eigenvalue weighted by atomic mass is 10.0. The van der Waals surface area contributed by atoms with Crippen molar-refractivity contribution in [1.82, 2.24) is 4.98 Å². The van der Waals surface area contributed by atoms with Crippen LogP contribution in [-0.4, -0.2) is 12.0 Å². The van der Waals surface area contributed by atoms with E-state index in [0.717, 1.165) is 24.3 Å². The second kappa shape index (κ2) is 6.53. The standard InChI is InChI=1S/C17H23N3/c1-4-16(18)15-11-19-17(10-13(15)2)20(3)12-14-8-6-5-7-9-14/h5-11,16H,4,12,18H2,1-3H3/t16-/m1/s1. The first-order chi connectivity index (χ1) is 9.61. The first-order valence-corrected chi connectivity index (χ1v) is 7.09. The van der Waals surface area contributed by atoms with E-state index in [9.17, 15) is 0 Å². The minimum atomic E-state index is 0.0796. The maximum Gasteiger partial charge on any atom is 0.128 e. The van der Waals surface area contributed by atoms with E-state index in [1.165, 1.54) is 11.1 Å². The van der Waals surface area contributed by atoms with Crippen molar-refractivity contribution < 1.29 is 0 Å². The highest BCUT2D eigenvalue weighted by Crippen LogP contribution is 2.21. The second-order valence-electron chi connectivity index (χ2n) is 5.26. The predicted octanol–water partition coefficient (Wildman–Crippen LogP) is 3.44. The van der Waals surface area contributed by atoms with Gasteiger partial charge in [0.1, 0.15) is 5.82 Å². The highest BCUT2D eigenvalue weighted by atomic mass is 15.2. The van der Waals surface area contributed by atoms with Crippen molar-refractivity contribution in [2.24, 2.45) is 5.73 Å². The molecule has 0 aliphatic carbocycles. The van der Waals surface area contributed by atoms with Crippen LogP contribution in [0.4, 0.5) is 5.82 Å². The Morgan fingerprint density at radius 1 is 1.25 bits per heavy atom. The van der Waals surface area contributed by atoms with Gasteiger partial charge in [0.15, 0.2) is 0 Å². The third-order valence-electron chi connectivity index (χ3n) is 3.63. The molecule has 2 N–H and O–H groups in total. The van der Waals surface area contributed by atoms with Crippen LogP contribution in [0.25, 0.3) is 0 Å². The van der Waals surface area contributed by atoms with Gasteiger partial charge in [-0.15, -0.1) is 0 Å². The van der Waals surface area contributed by atoms with Crippen LogP contribution >= 0.6 is 0 Å². The first kappa shape index (κ1) is 14.5. The molecule has 0 spiro atoms. The summed E-state index contributed by atoms with van der Waals surface area (Å²) < 4.78 is 0. The number of anilines is 1. The molecule has 3 heteroatoms. The van der Waals surface area contributed by atoms with Gasteiger partial charge in [0.2, 0.25) is 0 Å². The number of pyridine rings is 1. The molecule has 2 rings (SSSR count). The van der Waals surface area contributed by atoms with E-state index in [2.05, 4.69) is 61.1 Å².